The summed E-state index contributed by atoms with van der Waals surface area (Å²) in [5.41, 5.74) is 5.81. The maximum absolute atomic E-state index is 12.1. The molecule has 1 aliphatic rings. The minimum absolute atomic E-state index is 0.111. The first-order valence-electron chi connectivity index (χ1n) is 6.79. The van der Waals surface area contributed by atoms with Crippen LogP contribution in [-0.2, 0) is 0 Å². The third-order valence-corrected chi connectivity index (χ3v) is 4.03. The van der Waals surface area contributed by atoms with Gasteiger partial charge in [-0.3, -0.25) is 4.79 Å². The molecule has 1 atom stereocenters. The van der Waals surface area contributed by atoms with E-state index >= 15 is 0 Å². The SMILES string of the molecule is CC(C)Nc1nc(N)c(C(=O)NC(C)CC2CC2)s1. The zero-order valence-electron chi connectivity index (χ0n) is 11.7. The third-order valence-electron chi connectivity index (χ3n) is 3.03. The standard InChI is InChI=1S/C13H22N4OS/c1-7(2)15-13-17-11(14)10(19-13)12(18)16-8(3)6-9-4-5-9/h7-9H,4-6,14H2,1-3H3,(H,15,17)(H,16,18). The average Bonchev–Trinajstić information content (AvgIpc) is 3.00. The number of amides is 1. The van der Waals surface area contributed by atoms with Crippen LogP contribution in [0.1, 0.15) is 49.7 Å². The van der Waals surface area contributed by atoms with Crippen LogP contribution in [0.4, 0.5) is 10.9 Å². The van der Waals surface area contributed by atoms with Gasteiger partial charge in [-0.05, 0) is 33.1 Å². The molecule has 1 aromatic rings. The van der Waals surface area contributed by atoms with Gasteiger partial charge < -0.3 is 16.4 Å². The molecule has 1 amide bonds. The maximum atomic E-state index is 12.1. The van der Waals surface area contributed by atoms with Gasteiger partial charge in [-0.15, -0.1) is 0 Å². The number of carbonyl (C=O) groups excluding carboxylic acids is 1. The van der Waals surface area contributed by atoms with Crippen molar-refractivity contribution in [2.75, 3.05) is 11.1 Å². The van der Waals surface area contributed by atoms with E-state index in [1.165, 1.54) is 24.2 Å². The van der Waals surface area contributed by atoms with E-state index in [1.54, 1.807) is 0 Å². The number of nitrogens with one attached hydrogen (secondary N) is 2. The molecule has 2 rings (SSSR count). The minimum atomic E-state index is -0.111. The Balaban J connectivity index is 1.95. The Labute approximate surface area is 118 Å². The van der Waals surface area contributed by atoms with Crippen molar-refractivity contribution in [2.24, 2.45) is 5.92 Å². The first-order chi connectivity index (χ1) is 8.95. The van der Waals surface area contributed by atoms with Gasteiger partial charge >= 0.3 is 0 Å². The van der Waals surface area contributed by atoms with Gasteiger partial charge in [0, 0.05) is 12.1 Å². The van der Waals surface area contributed by atoms with Crippen LogP contribution in [0.15, 0.2) is 0 Å². The van der Waals surface area contributed by atoms with Gasteiger partial charge in [0.2, 0.25) is 0 Å². The molecule has 4 N–H and O–H groups in total. The Kier molecular flexibility index (Phi) is 4.29. The highest BCUT2D eigenvalue weighted by atomic mass is 32.1. The summed E-state index contributed by atoms with van der Waals surface area (Å²) in [7, 11) is 0. The molecule has 0 radical (unpaired) electrons. The largest absolute Gasteiger partial charge is 0.382 e. The number of nitrogen functional groups attached to an aromatic ring is 1. The molecule has 0 spiro atoms. The van der Waals surface area contributed by atoms with Crippen molar-refractivity contribution in [3.63, 3.8) is 0 Å². The molecular weight excluding hydrogens is 260 g/mol. The number of nitrogens with zero attached hydrogens (tertiary/aromatic N) is 1. The molecule has 0 saturated heterocycles. The van der Waals surface area contributed by atoms with E-state index in [9.17, 15) is 4.79 Å². The lowest BCUT2D eigenvalue weighted by atomic mass is 10.1. The summed E-state index contributed by atoms with van der Waals surface area (Å²) < 4.78 is 0. The molecule has 1 aliphatic carbocycles. The quantitative estimate of drug-likeness (QED) is 0.749. The molecule has 106 valence electrons. The summed E-state index contributed by atoms with van der Waals surface area (Å²) in [5, 5.41) is 6.86. The van der Waals surface area contributed by atoms with Crippen molar-refractivity contribution in [2.45, 2.75) is 52.1 Å². The van der Waals surface area contributed by atoms with Crippen LogP contribution < -0.4 is 16.4 Å². The fourth-order valence-electron chi connectivity index (χ4n) is 2.01. The topological polar surface area (TPSA) is 80.0 Å². The first-order valence-corrected chi connectivity index (χ1v) is 7.61. The van der Waals surface area contributed by atoms with E-state index in [-0.39, 0.29) is 18.0 Å². The fourth-order valence-corrected chi connectivity index (χ4v) is 2.94. The van der Waals surface area contributed by atoms with Crippen molar-refractivity contribution < 1.29 is 4.79 Å². The van der Waals surface area contributed by atoms with Gasteiger partial charge in [-0.25, -0.2) is 4.98 Å². The number of thiazole rings is 1. The lowest BCUT2D eigenvalue weighted by Crippen LogP contribution is -2.32. The van der Waals surface area contributed by atoms with Crippen LogP contribution in [-0.4, -0.2) is 23.0 Å². The second kappa shape index (κ2) is 5.77. The number of anilines is 2. The summed E-state index contributed by atoms with van der Waals surface area (Å²) in [4.78, 5) is 16.8. The Morgan fingerprint density at radius 3 is 2.74 bits per heavy atom. The maximum Gasteiger partial charge on any atom is 0.265 e. The van der Waals surface area contributed by atoms with Gasteiger partial charge in [0.15, 0.2) is 5.13 Å². The molecule has 1 aromatic heterocycles. The second-order valence-corrected chi connectivity index (χ2v) is 6.59. The van der Waals surface area contributed by atoms with Crippen LogP contribution in [0.3, 0.4) is 0 Å². The van der Waals surface area contributed by atoms with Crippen molar-refractivity contribution >= 4 is 28.2 Å². The van der Waals surface area contributed by atoms with Gasteiger partial charge in [0.1, 0.15) is 10.7 Å². The molecule has 0 aromatic carbocycles. The number of carbonyl (C=O) groups is 1. The molecule has 1 heterocycles. The molecule has 6 heteroatoms. The highest BCUT2D eigenvalue weighted by Gasteiger charge is 2.25. The Morgan fingerprint density at radius 2 is 2.16 bits per heavy atom. The number of rotatable bonds is 6. The fraction of sp³-hybridized carbons (Fsp3) is 0.692. The monoisotopic (exact) mass is 282 g/mol. The Bertz CT molecular complexity index is 453. The molecule has 1 unspecified atom stereocenters. The van der Waals surface area contributed by atoms with E-state index < -0.39 is 0 Å². The molecular formula is C13H22N4OS. The predicted molar refractivity (Wildman–Crippen MR) is 79.6 cm³/mol. The van der Waals surface area contributed by atoms with Crippen LogP contribution in [0.25, 0.3) is 0 Å². The average molecular weight is 282 g/mol. The second-order valence-electron chi connectivity index (χ2n) is 5.59. The lowest BCUT2D eigenvalue weighted by molar-refractivity contribution is 0.0942. The van der Waals surface area contributed by atoms with E-state index in [4.69, 9.17) is 5.73 Å². The normalized spacial score (nSPS) is 16.4. The Hall–Kier alpha value is -1.30. The number of hydrogen-bond donors (Lipinski definition) is 3. The van der Waals surface area contributed by atoms with Gasteiger partial charge in [-0.2, -0.15) is 0 Å². The van der Waals surface area contributed by atoms with Crippen LogP contribution in [0, 0.1) is 5.92 Å². The zero-order chi connectivity index (χ0) is 14.0. The molecule has 0 aliphatic heterocycles. The summed E-state index contributed by atoms with van der Waals surface area (Å²) in [6.07, 6.45) is 3.65. The summed E-state index contributed by atoms with van der Waals surface area (Å²) in [5.74, 6) is 0.997. The van der Waals surface area contributed by atoms with E-state index in [2.05, 4.69) is 15.6 Å². The molecule has 0 bridgehead atoms. The number of nitrogens with two attached hydrogens (primary N) is 1. The predicted octanol–water partition coefficient (Wildman–Crippen LogP) is 2.46. The van der Waals surface area contributed by atoms with Crippen LogP contribution in [0.2, 0.25) is 0 Å². The number of hydrogen-bond acceptors (Lipinski definition) is 5. The number of aromatic nitrogens is 1. The zero-order valence-corrected chi connectivity index (χ0v) is 12.5. The van der Waals surface area contributed by atoms with Gasteiger partial charge in [-0.1, -0.05) is 24.2 Å². The lowest BCUT2D eigenvalue weighted by Gasteiger charge is -2.12. The van der Waals surface area contributed by atoms with E-state index in [0.717, 1.165) is 12.3 Å². The van der Waals surface area contributed by atoms with E-state index in [0.29, 0.717) is 15.8 Å². The van der Waals surface area contributed by atoms with Crippen LogP contribution >= 0.6 is 11.3 Å². The van der Waals surface area contributed by atoms with Crippen LogP contribution in [0.5, 0.6) is 0 Å². The highest BCUT2D eigenvalue weighted by molar-refractivity contribution is 7.18. The van der Waals surface area contributed by atoms with Gasteiger partial charge in [0.25, 0.3) is 5.91 Å². The summed E-state index contributed by atoms with van der Waals surface area (Å²) >= 11 is 1.31. The summed E-state index contributed by atoms with van der Waals surface area (Å²) in [6, 6.07) is 0.471. The van der Waals surface area contributed by atoms with Gasteiger partial charge in [0.05, 0.1) is 0 Å². The minimum Gasteiger partial charge on any atom is -0.382 e. The van der Waals surface area contributed by atoms with E-state index in [1.807, 2.05) is 20.8 Å². The molecule has 5 nitrogen and oxygen atoms in total. The van der Waals surface area contributed by atoms with Crippen molar-refractivity contribution in [1.82, 2.24) is 10.3 Å². The van der Waals surface area contributed by atoms with Crippen molar-refractivity contribution in [3.8, 4) is 0 Å². The molecule has 1 saturated carbocycles. The smallest absolute Gasteiger partial charge is 0.265 e. The third kappa shape index (κ3) is 4.09. The molecule has 1 fully saturated rings. The Morgan fingerprint density at radius 1 is 1.47 bits per heavy atom. The van der Waals surface area contributed by atoms with Crippen molar-refractivity contribution in [1.29, 1.82) is 0 Å². The van der Waals surface area contributed by atoms with Crippen molar-refractivity contribution in [3.05, 3.63) is 4.88 Å². The molecule has 19 heavy (non-hydrogen) atoms. The first kappa shape index (κ1) is 14.1. The highest BCUT2D eigenvalue weighted by Crippen LogP contribution is 2.33. The summed E-state index contributed by atoms with van der Waals surface area (Å²) in [6.45, 7) is 6.09.